The molecule has 0 spiro atoms. The second-order valence-corrected chi connectivity index (χ2v) is 3.76. The molecular formula is C11H12F5N. The van der Waals surface area contributed by atoms with Gasteiger partial charge in [-0.3, -0.25) is 0 Å². The van der Waals surface area contributed by atoms with Gasteiger partial charge in [0.2, 0.25) is 0 Å². The van der Waals surface area contributed by atoms with E-state index in [2.05, 4.69) is 0 Å². The molecule has 0 fully saturated rings. The Morgan fingerprint density at radius 2 is 1.82 bits per heavy atom. The number of hydrogen-bond acceptors (Lipinski definition) is 1. The van der Waals surface area contributed by atoms with E-state index in [-0.39, 0.29) is 18.5 Å². The van der Waals surface area contributed by atoms with Gasteiger partial charge in [0, 0.05) is 6.07 Å². The van der Waals surface area contributed by atoms with Crippen LogP contribution in [0.15, 0.2) is 18.2 Å². The minimum atomic E-state index is -4.43. The van der Waals surface area contributed by atoms with E-state index in [1.807, 2.05) is 0 Å². The Hall–Kier alpha value is -1.17. The van der Waals surface area contributed by atoms with Crippen LogP contribution in [-0.2, 0) is 6.42 Å². The molecule has 0 aromatic heterocycles. The molecule has 0 aliphatic rings. The van der Waals surface area contributed by atoms with Crippen LogP contribution in [0, 0.1) is 17.6 Å². The molecule has 0 radical (unpaired) electrons. The fraction of sp³-hybridized carbons (Fsp3) is 0.455. The first-order chi connectivity index (χ1) is 7.84. The summed E-state index contributed by atoms with van der Waals surface area (Å²) in [4.78, 5) is 0. The number of benzene rings is 1. The van der Waals surface area contributed by atoms with Gasteiger partial charge in [0.15, 0.2) is 0 Å². The molecule has 0 aliphatic heterocycles. The van der Waals surface area contributed by atoms with Crippen molar-refractivity contribution in [3.8, 4) is 0 Å². The van der Waals surface area contributed by atoms with E-state index in [1.165, 1.54) is 0 Å². The Balaban J connectivity index is 2.86. The molecule has 17 heavy (non-hydrogen) atoms. The fourth-order valence-corrected chi connectivity index (χ4v) is 1.54. The molecule has 1 rings (SSSR count). The number of alkyl halides is 3. The third-order valence-electron chi connectivity index (χ3n) is 2.46. The Labute approximate surface area is 95.4 Å². The first-order valence-corrected chi connectivity index (χ1v) is 5.05. The first-order valence-electron chi connectivity index (χ1n) is 5.05. The lowest BCUT2D eigenvalue weighted by molar-refractivity contribution is -0.175. The van der Waals surface area contributed by atoms with Crippen molar-refractivity contribution in [1.29, 1.82) is 0 Å². The standard InChI is InChI=1S/C11H12F5N/c12-9-2-1-7(10(13)6-9)5-8(3-4-17)11(14,15)16/h1-2,6,8H,3-5,17H2. The molecule has 1 nitrogen and oxygen atoms in total. The summed E-state index contributed by atoms with van der Waals surface area (Å²) in [7, 11) is 0. The molecule has 2 N–H and O–H groups in total. The molecule has 0 heterocycles. The molecule has 1 aromatic rings. The van der Waals surface area contributed by atoms with Crippen LogP contribution < -0.4 is 5.73 Å². The van der Waals surface area contributed by atoms with Crippen molar-refractivity contribution < 1.29 is 22.0 Å². The second-order valence-electron chi connectivity index (χ2n) is 3.76. The maximum Gasteiger partial charge on any atom is 0.392 e. The highest BCUT2D eigenvalue weighted by atomic mass is 19.4. The second kappa shape index (κ2) is 5.44. The smallest absolute Gasteiger partial charge is 0.330 e. The Morgan fingerprint density at radius 3 is 2.29 bits per heavy atom. The summed E-state index contributed by atoms with van der Waals surface area (Å²) in [5.74, 6) is -3.47. The van der Waals surface area contributed by atoms with Gasteiger partial charge >= 0.3 is 6.18 Å². The number of nitrogens with two attached hydrogens (primary N) is 1. The molecule has 1 unspecified atom stereocenters. The Kier molecular flexibility index (Phi) is 4.45. The Morgan fingerprint density at radius 1 is 1.18 bits per heavy atom. The summed E-state index contributed by atoms with van der Waals surface area (Å²) in [6, 6.07) is 2.54. The molecule has 0 saturated heterocycles. The van der Waals surface area contributed by atoms with Crippen LogP contribution >= 0.6 is 0 Å². The lowest BCUT2D eigenvalue weighted by Gasteiger charge is -2.19. The summed E-state index contributed by atoms with van der Waals surface area (Å²) in [5.41, 5.74) is 4.94. The minimum absolute atomic E-state index is 0.132. The molecule has 6 heteroatoms. The van der Waals surface area contributed by atoms with Gasteiger partial charge in [-0.1, -0.05) is 6.07 Å². The topological polar surface area (TPSA) is 26.0 Å². The molecule has 0 amide bonds. The van der Waals surface area contributed by atoms with Crippen LogP contribution in [0.25, 0.3) is 0 Å². The van der Waals surface area contributed by atoms with Crippen molar-refractivity contribution in [3.63, 3.8) is 0 Å². The van der Waals surface area contributed by atoms with Crippen LogP contribution in [0.1, 0.15) is 12.0 Å². The fourth-order valence-electron chi connectivity index (χ4n) is 1.54. The van der Waals surface area contributed by atoms with Crippen LogP contribution in [0.2, 0.25) is 0 Å². The maximum absolute atomic E-state index is 13.2. The number of hydrogen-bond donors (Lipinski definition) is 1. The monoisotopic (exact) mass is 253 g/mol. The SMILES string of the molecule is NCCC(Cc1ccc(F)cc1F)C(F)(F)F. The summed E-state index contributed by atoms with van der Waals surface area (Å²) in [6.07, 6.45) is -5.23. The lowest BCUT2D eigenvalue weighted by atomic mass is 9.95. The zero-order valence-electron chi connectivity index (χ0n) is 8.90. The first kappa shape index (κ1) is 13.9. The lowest BCUT2D eigenvalue weighted by Crippen LogP contribution is -2.27. The quantitative estimate of drug-likeness (QED) is 0.820. The highest BCUT2D eigenvalue weighted by Crippen LogP contribution is 2.32. The van der Waals surface area contributed by atoms with Crippen molar-refractivity contribution in [2.24, 2.45) is 11.7 Å². The van der Waals surface area contributed by atoms with Crippen molar-refractivity contribution in [3.05, 3.63) is 35.4 Å². The molecule has 1 atom stereocenters. The van der Waals surface area contributed by atoms with Crippen LogP contribution in [-0.4, -0.2) is 12.7 Å². The van der Waals surface area contributed by atoms with Crippen molar-refractivity contribution >= 4 is 0 Å². The predicted octanol–water partition coefficient (Wildman–Crippen LogP) is 3.03. The molecular weight excluding hydrogens is 241 g/mol. The van der Waals surface area contributed by atoms with Gasteiger partial charge in [-0.25, -0.2) is 8.78 Å². The van der Waals surface area contributed by atoms with Crippen LogP contribution in [0.5, 0.6) is 0 Å². The third kappa shape index (κ3) is 3.96. The van der Waals surface area contributed by atoms with E-state index < -0.39 is 30.1 Å². The highest BCUT2D eigenvalue weighted by molar-refractivity contribution is 5.19. The molecule has 1 aromatic carbocycles. The molecule has 96 valence electrons. The van der Waals surface area contributed by atoms with E-state index in [1.54, 1.807) is 0 Å². The van der Waals surface area contributed by atoms with Crippen molar-refractivity contribution in [2.75, 3.05) is 6.54 Å². The summed E-state index contributed by atoms with van der Waals surface area (Å²) in [6.45, 7) is -0.132. The van der Waals surface area contributed by atoms with Crippen molar-refractivity contribution in [2.45, 2.75) is 19.0 Å². The summed E-state index contributed by atoms with van der Waals surface area (Å²) < 4.78 is 63.4. The number of rotatable bonds is 4. The Bertz CT molecular complexity index is 375. The van der Waals surface area contributed by atoms with Gasteiger partial charge < -0.3 is 5.73 Å². The average Bonchev–Trinajstić information content (AvgIpc) is 2.19. The molecule has 0 bridgehead atoms. The van der Waals surface area contributed by atoms with Crippen LogP contribution in [0.3, 0.4) is 0 Å². The van der Waals surface area contributed by atoms with Gasteiger partial charge in [0.1, 0.15) is 11.6 Å². The van der Waals surface area contributed by atoms with E-state index in [0.717, 1.165) is 12.1 Å². The van der Waals surface area contributed by atoms with Crippen molar-refractivity contribution in [1.82, 2.24) is 0 Å². The van der Waals surface area contributed by atoms with Gasteiger partial charge in [-0.05, 0) is 31.0 Å². The summed E-state index contributed by atoms with van der Waals surface area (Å²) in [5, 5.41) is 0. The predicted molar refractivity (Wildman–Crippen MR) is 53.3 cm³/mol. The maximum atomic E-state index is 13.2. The van der Waals surface area contributed by atoms with Gasteiger partial charge in [-0.15, -0.1) is 0 Å². The van der Waals surface area contributed by atoms with Gasteiger partial charge in [0.25, 0.3) is 0 Å². The molecule has 0 saturated carbocycles. The number of halogens is 5. The minimum Gasteiger partial charge on any atom is -0.330 e. The van der Waals surface area contributed by atoms with E-state index in [9.17, 15) is 22.0 Å². The summed E-state index contributed by atoms with van der Waals surface area (Å²) >= 11 is 0. The van der Waals surface area contributed by atoms with E-state index >= 15 is 0 Å². The molecule has 0 aliphatic carbocycles. The third-order valence-corrected chi connectivity index (χ3v) is 2.46. The van der Waals surface area contributed by atoms with Gasteiger partial charge in [0.05, 0.1) is 5.92 Å². The zero-order chi connectivity index (χ0) is 13.1. The van der Waals surface area contributed by atoms with Crippen LogP contribution in [0.4, 0.5) is 22.0 Å². The average molecular weight is 253 g/mol. The van der Waals surface area contributed by atoms with E-state index in [4.69, 9.17) is 5.73 Å². The van der Waals surface area contributed by atoms with Gasteiger partial charge in [-0.2, -0.15) is 13.2 Å². The highest BCUT2D eigenvalue weighted by Gasteiger charge is 2.39. The zero-order valence-corrected chi connectivity index (χ0v) is 8.90. The largest absolute Gasteiger partial charge is 0.392 e. The van der Waals surface area contributed by atoms with E-state index in [0.29, 0.717) is 6.07 Å². The normalized spacial score (nSPS) is 13.8.